The second-order valence-corrected chi connectivity index (χ2v) is 5.57. The summed E-state index contributed by atoms with van der Waals surface area (Å²) in [5.74, 6) is 0.953. The summed E-state index contributed by atoms with van der Waals surface area (Å²) in [6, 6.07) is 7.85. The van der Waals surface area contributed by atoms with Crippen LogP contribution in [0.25, 0.3) is 0 Å². The van der Waals surface area contributed by atoms with Gasteiger partial charge in [-0.2, -0.15) is 5.10 Å². The Kier molecular flexibility index (Phi) is 5.00. The second kappa shape index (κ2) is 7.54. The molecule has 0 unspecified atom stereocenters. The normalized spacial score (nSPS) is 10.7. The van der Waals surface area contributed by atoms with Crippen LogP contribution >= 0.6 is 0 Å². The molecule has 0 atom stereocenters. The molecule has 3 rings (SSSR count). The lowest BCUT2D eigenvalue weighted by Gasteiger charge is -2.12. The summed E-state index contributed by atoms with van der Waals surface area (Å²) in [4.78, 5) is 20.3. The topological polar surface area (TPSA) is 77.6 Å². The van der Waals surface area contributed by atoms with Crippen LogP contribution in [0.4, 0.5) is 5.69 Å². The van der Waals surface area contributed by atoms with Crippen LogP contribution in [0.5, 0.6) is 0 Å². The van der Waals surface area contributed by atoms with Crippen molar-refractivity contribution in [2.24, 2.45) is 0 Å². The number of imidazole rings is 1. The van der Waals surface area contributed by atoms with Crippen LogP contribution in [0.1, 0.15) is 24.2 Å². The van der Waals surface area contributed by atoms with Gasteiger partial charge >= 0.3 is 0 Å². The fourth-order valence-electron chi connectivity index (χ4n) is 2.50. The zero-order valence-corrected chi connectivity index (χ0v) is 13.6. The van der Waals surface area contributed by atoms with E-state index >= 15 is 0 Å². The van der Waals surface area contributed by atoms with Gasteiger partial charge in [-0.15, -0.1) is 0 Å². The highest BCUT2D eigenvalue weighted by Crippen LogP contribution is 2.17. The van der Waals surface area contributed by atoms with Crippen molar-refractivity contribution in [1.29, 1.82) is 0 Å². The molecule has 0 aliphatic heterocycles. The fraction of sp³-hybridized carbons (Fsp3) is 0.294. The molecule has 1 aromatic carbocycles. The first-order valence-corrected chi connectivity index (χ1v) is 7.90. The Hall–Kier alpha value is -2.96. The molecule has 0 spiro atoms. The third kappa shape index (κ3) is 4.07. The highest BCUT2D eigenvalue weighted by Gasteiger charge is 2.08. The highest BCUT2D eigenvalue weighted by molar-refractivity contribution is 5.91. The Morgan fingerprint density at radius 3 is 2.92 bits per heavy atom. The molecule has 0 aliphatic rings. The number of hydrogen-bond donors (Lipinski definition) is 1. The van der Waals surface area contributed by atoms with E-state index in [4.69, 9.17) is 0 Å². The lowest BCUT2D eigenvalue weighted by Crippen LogP contribution is -2.14. The number of aryl methyl sites for hydroxylation is 2. The summed E-state index contributed by atoms with van der Waals surface area (Å²) in [6.45, 7) is 3.33. The Morgan fingerprint density at radius 1 is 1.29 bits per heavy atom. The Bertz CT molecular complexity index is 793. The maximum atomic E-state index is 12.2. The molecule has 0 radical (unpaired) electrons. The van der Waals surface area contributed by atoms with E-state index in [0.29, 0.717) is 19.5 Å². The van der Waals surface area contributed by atoms with E-state index in [2.05, 4.69) is 25.0 Å². The van der Waals surface area contributed by atoms with E-state index < -0.39 is 0 Å². The van der Waals surface area contributed by atoms with Gasteiger partial charge in [0.25, 0.3) is 0 Å². The Morgan fingerprint density at radius 2 is 2.17 bits per heavy atom. The predicted octanol–water partition coefficient (Wildman–Crippen LogP) is 2.25. The van der Waals surface area contributed by atoms with Crippen molar-refractivity contribution in [3.8, 4) is 0 Å². The summed E-state index contributed by atoms with van der Waals surface area (Å²) < 4.78 is 3.78. The first-order chi connectivity index (χ1) is 11.7. The third-order valence-electron chi connectivity index (χ3n) is 3.81. The highest BCUT2D eigenvalue weighted by atomic mass is 16.1. The van der Waals surface area contributed by atoms with Crippen molar-refractivity contribution in [2.45, 2.75) is 32.9 Å². The van der Waals surface area contributed by atoms with Crippen LogP contribution in [-0.2, 0) is 17.9 Å². The number of carbonyl (C=O) groups excluding carboxylic acids is 1. The lowest BCUT2D eigenvalue weighted by molar-refractivity contribution is -0.116. The van der Waals surface area contributed by atoms with E-state index in [1.54, 1.807) is 17.2 Å². The Labute approximate surface area is 140 Å². The maximum absolute atomic E-state index is 12.2. The molecule has 124 valence electrons. The van der Waals surface area contributed by atoms with Crippen LogP contribution in [0.15, 0.2) is 49.3 Å². The minimum absolute atomic E-state index is 0.00455. The minimum atomic E-state index is 0.00455. The van der Waals surface area contributed by atoms with Crippen LogP contribution in [0.2, 0.25) is 0 Å². The summed E-state index contributed by atoms with van der Waals surface area (Å²) in [5.41, 5.74) is 1.90. The molecule has 7 heteroatoms. The van der Waals surface area contributed by atoms with Gasteiger partial charge in [-0.25, -0.2) is 9.97 Å². The van der Waals surface area contributed by atoms with Crippen molar-refractivity contribution in [1.82, 2.24) is 24.3 Å². The van der Waals surface area contributed by atoms with E-state index in [0.717, 1.165) is 23.5 Å². The molecule has 2 aromatic heterocycles. The van der Waals surface area contributed by atoms with Gasteiger partial charge in [0.2, 0.25) is 5.91 Å². The van der Waals surface area contributed by atoms with Gasteiger partial charge in [-0.3, -0.25) is 9.48 Å². The number of aromatic nitrogens is 5. The van der Waals surface area contributed by atoms with Crippen molar-refractivity contribution in [2.75, 3.05) is 5.32 Å². The number of anilines is 1. The van der Waals surface area contributed by atoms with E-state index in [9.17, 15) is 4.79 Å². The smallest absolute Gasteiger partial charge is 0.224 e. The van der Waals surface area contributed by atoms with Crippen molar-refractivity contribution in [3.63, 3.8) is 0 Å². The predicted molar refractivity (Wildman–Crippen MR) is 90.4 cm³/mol. The van der Waals surface area contributed by atoms with Gasteiger partial charge in [-0.05, 0) is 25.0 Å². The third-order valence-corrected chi connectivity index (χ3v) is 3.81. The monoisotopic (exact) mass is 324 g/mol. The standard InChI is InChI=1S/C17H20N6O/c1-14-19-8-10-22(14)11-15-5-2-3-6-16(15)21-17(24)7-4-9-23-13-18-12-20-23/h2-3,5-6,8,10,12-13H,4,7,9,11H2,1H3,(H,21,24). The number of para-hydroxylation sites is 1. The zero-order valence-electron chi connectivity index (χ0n) is 13.6. The molecule has 1 N–H and O–H groups in total. The molecule has 24 heavy (non-hydrogen) atoms. The average molecular weight is 324 g/mol. The van der Waals surface area contributed by atoms with Gasteiger partial charge in [0.15, 0.2) is 0 Å². The molecule has 0 saturated carbocycles. The second-order valence-electron chi connectivity index (χ2n) is 5.57. The summed E-state index contributed by atoms with van der Waals surface area (Å²) in [5, 5.41) is 7.03. The first-order valence-electron chi connectivity index (χ1n) is 7.90. The van der Waals surface area contributed by atoms with Crippen molar-refractivity contribution in [3.05, 3.63) is 60.7 Å². The summed E-state index contributed by atoms with van der Waals surface area (Å²) in [6.07, 6.45) is 8.03. The molecular weight excluding hydrogens is 304 g/mol. The summed E-state index contributed by atoms with van der Waals surface area (Å²) in [7, 11) is 0. The van der Waals surface area contributed by atoms with Crippen LogP contribution in [0, 0.1) is 6.92 Å². The van der Waals surface area contributed by atoms with Crippen LogP contribution in [-0.4, -0.2) is 30.2 Å². The molecule has 2 heterocycles. The van der Waals surface area contributed by atoms with Gasteiger partial charge < -0.3 is 9.88 Å². The lowest BCUT2D eigenvalue weighted by atomic mass is 10.1. The van der Waals surface area contributed by atoms with Gasteiger partial charge in [0.1, 0.15) is 18.5 Å². The molecule has 0 bridgehead atoms. The van der Waals surface area contributed by atoms with E-state index in [1.807, 2.05) is 37.4 Å². The van der Waals surface area contributed by atoms with Crippen LogP contribution in [0.3, 0.4) is 0 Å². The molecular formula is C17H20N6O. The number of carbonyl (C=O) groups is 1. The Balaban J connectivity index is 1.58. The largest absolute Gasteiger partial charge is 0.331 e. The fourth-order valence-corrected chi connectivity index (χ4v) is 2.50. The number of benzene rings is 1. The number of nitrogens with zero attached hydrogens (tertiary/aromatic N) is 5. The maximum Gasteiger partial charge on any atom is 0.224 e. The van der Waals surface area contributed by atoms with Crippen molar-refractivity contribution < 1.29 is 4.79 Å². The first kappa shape index (κ1) is 15.9. The molecule has 0 aliphatic carbocycles. The molecule has 0 fully saturated rings. The van der Waals surface area contributed by atoms with E-state index in [-0.39, 0.29) is 5.91 Å². The SMILES string of the molecule is Cc1nccn1Cc1ccccc1NC(=O)CCCn1cncn1. The number of rotatable bonds is 7. The van der Waals surface area contributed by atoms with Gasteiger partial charge in [0.05, 0.1) is 6.54 Å². The number of amides is 1. The average Bonchev–Trinajstić information content (AvgIpc) is 3.22. The van der Waals surface area contributed by atoms with Crippen molar-refractivity contribution >= 4 is 11.6 Å². The zero-order chi connectivity index (χ0) is 16.8. The minimum Gasteiger partial charge on any atom is -0.331 e. The van der Waals surface area contributed by atoms with Crippen LogP contribution < -0.4 is 5.32 Å². The molecule has 1 amide bonds. The molecule has 3 aromatic rings. The molecule has 0 saturated heterocycles. The van der Waals surface area contributed by atoms with E-state index in [1.165, 1.54) is 6.33 Å². The van der Waals surface area contributed by atoms with Gasteiger partial charge in [0, 0.05) is 31.0 Å². The van der Waals surface area contributed by atoms with Gasteiger partial charge in [-0.1, -0.05) is 18.2 Å². The number of hydrogen-bond acceptors (Lipinski definition) is 4. The number of nitrogens with one attached hydrogen (secondary N) is 1. The molecule has 7 nitrogen and oxygen atoms in total. The quantitative estimate of drug-likeness (QED) is 0.723. The summed E-state index contributed by atoms with van der Waals surface area (Å²) >= 11 is 0.